The summed E-state index contributed by atoms with van der Waals surface area (Å²) in [4.78, 5) is 21.3. The standard InChI is InChI=1S/C27H30N6O/c1-19(34)20-3-5-22(6-4-20)31-11-13-32(14-12-31)25-8-7-24-21(17-28)18-33(26(24)30-25)23-15-27(16-23)9-2-10-29-27/h3-8,18,23,29H,2,9-16H2,1H3/t23-,27+. The Balaban J connectivity index is 1.20. The number of ketones is 1. The average Bonchev–Trinajstić information content (AvgIpc) is 3.48. The maximum Gasteiger partial charge on any atom is 0.159 e. The minimum Gasteiger partial charge on any atom is -0.368 e. The summed E-state index contributed by atoms with van der Waals surface area (Å²) in [5.74, 6) is 1.08. The summed E-state index contributed by atoms with van der Waals surface area (Å²) < 4.78 is 2.26. The first-order valence-corrected chi connectivity index (χ1v) is 12.3. The summed E-state index contributed by atoms with van der Waals surface area (Å²) in [6, 6.07) is 14.8. The normalized spacial score (nSPS) is 24.4. The number of carbonyl (C=O) groups is 1. The number of carbonyl (C=O) groups excluding carboxylic acids is 1. The fraction of sp³-hybridized carbons (Fsp3) is 0.444. The smallest absolute Gasteiger partial charge is 0.159 e. The van der Waals surface area contributed by atoms with E-state index in [1.165, 1.54) is 12.8 Å². The molecule has 6 rings (SSSR count). The number of hydrogen-bond donors (Lipinski definition) is 1. The van der Waals surface area contributed by atoms with Crippen molar-refractivity contribution >= 4 is 28.3 Å². The number of nitriles is 1. The topological polar surface area (TPSA) is 77.2 Å². The Hall–Kier alpha value is -3.37. The Morgan fingerprint density at radius 3 is 2.47 bits per heavy atom. The number of piperazine rings is 1. The molecule has 34 heavy (non-hydrogen) atoms. The first kappa shape index (κ1) is 21.2. The third-order valence-corrected chi connectivity index (χ3v) is 8.00. The highest BCUT2D eigenvalue weighted by atomic mass is 16.1. The molecule has 2 aliphatic heterocycles. The van der Waals surface area contributed by atoms with Crippen LogP contribution in [0.25, 0.3) is 11.0 Å². The second-order valence-electron chi connectivity index (χ2n) is 10.1. The Labute approximate surface area is 200 Å². The Morgan fingerprint density at radius 1 is 1.09 bits per heavy atom. The second-order valence-corrected chi connectivity index (χ2v) is 10.1. The van der Waals surface area contributed by atoms with E-state index in [-0.39, 0.29) is 5.78 Å². The number of nitrogens with one attached hydrogen (secondary N) is 1. The maximum absolute atomic E-state index is 11.6. The molecule has 4 heterocycles. The van der Waals surface area contributed by atoms with Crippen molar-refractivity contribution in [3.05, 3.63) is 53.7 Å². The van der Waals surface area contributed by atoms with Crippen molar-refractivity contribution in [3.63, 3.8) is 0 Å². The van der Waals surface area contributed by atoms with Crippen molar-refractivity contribution in [2.75, 3.05) is 42.5 Å². The van der Waals surface area contributed by atoms with Crippen LogP contribution >= 0.6 is 0 Å². The highest BCUT2D eigenvalue weighted by molar-refractivity contribution is 5.94. The molecule has 7 heteroatoms. The maximum atomic E-state index is 11.6. The fourth-order valence-electron chi connectivity index (χ4n) is 6.02. The van der Waals surface area contributed by atoms with Crippen LogP contribution in [0.1, 0.15) is 54.6 Å². The van der Waals surface area contributed by atoms with Crippen LogP contribution in [0, 0.1) is 11.3 Å². The molecule has 3 fully saturated rings. The fourth-order valence-corrected chi connectivity index (χ4v) is 6.02. The molecule has 1 aliphatic carbocycles. The van der Waals surface area contributed by atoms with Gasteiger partial charge in [-0.2, -0.15) is 5.26 Å². The highest BCUT2D eigenvalue weighted by Gasteiger charge is 2.46. The van der Waals surface area contributed by atoms with E-state index in [2.05, 4.69) is 37.9 Å². The SMILES string of the molecule is CC(=O)c1ccc(N2CCN(c3ccc4c(C#N)cn([C@H]5C[C@]6(CCCN6)C5)c4n3)CC2)cc1. The van der Waals surface area contributed by atoms with E-state index in [4.69, 9.17) is 4.98 Å². The van der Waals surface area contributed by atoms with Crippen LogP contribution in [-0.2, 0) is 0 Å². The quantitative estimate of drug-likeness (QED) is 0.603. The van der Waals surface area contributed by atoms with E-state index >= 15 is 0 Å². The minimum absolute atomic E-state index is 0.0960. The summed E-state index contributed by atoms with van der Waals surface area (Å²) in [5.41, 5.74) is 3.87. The average molecular weight is 455 g/mol. The number of anilines is 2. The molecule has 174 valence electrons. The molecule has 7 nitrogen and oxygen atoms in total. The van der Waals surface area contributed by atoms with Crippen LogP contribution in [0.4, 0.5) is 11.5 Å². The molecule has 1 N–H and O–H groups in total. The molecule has 2 aromatic heterocycles. The molecular formula is C27H30N6O. The monoisotopic (exact) mass is 454 g/mol. The molecule has 1 saturated carbocycles. The molecule has 3 aromatic rings. The van der Waals surface area contributed by atoms with E-state index in [9.17, 15) is 10.1 Å². The van der Waals surface area contributed by atoms with E-state index in [0.29, 0.717) is 17.1 Å². The first-order valence-electron chi connectivity index (χ1n) is 12.3. The van der Waals surface area contributed by atoms with Gasteiger partial charge in [-0.25, -0.2) is 4.98 Å². The number of aromatic nitrogens is 2. The van der Waals surface area contributed by atoms with Gasteiger partial charge in [0.2, 0.25) is 0 Å². The molecule has 1 spiro atoms. The van der Waals surface area contributed by atoms with Crippen molar-refractivity contribution in [2.45, 2.75) is 44.2 Å². The minimum atomic E-state index is 0.0960. The molecule has 1 aromatic carbocycles. The third-order valence-electron chi connectivity index (χ3n) is 8.00. The number of rotatable bonds is 4. The van der Waals surface area contributed by atoms with Gasteiger partial charge in [-0.05, 0) is 75.5 Å². The molecule has 2 saturated heterocycles. The number of nitrogens with zero attached hydrogens (tertiary/aromatic N) is 5. The summed E-state index contributed by atoms with van der Waals surface area (Å²) in [5, 5.41) is 14.3. The highest BCUT2D eigenvalue weighted by Crippen LogP contribution is 2.47. The van der Waals surface area contributed by atoms with Crippen LogP contribution in [0.5, 0.6) is 0 Å². The van der Waals surface area contributed by atoms with Crippen molar-refractivity contribution < 1.29 is 4.79 Å². The van der Waals surface area contributed by atoms with Gasteiger partial charge in [-0.3, -0.25) is 4.79 Å². The van der Waals surface area contributed by atoms with E-state index in [0.717, 1.165) is 73.7 Å². The zero-order valence-corrected chi connectivity index (χ0v) is 19.6. The molecule has 0 unspecified atom stereocenters. The molecular weight excluding hydrogens is 424 g/mol. The molecule has 0 radical (unpaired) electrons. The van der Waals surface area contributed by atoms with Crippen molar-refractivity contribution in [3.8, 4) is 6.07 Å². The van der Waals surface area contributed by atoms with Gasteiger partial charge in [0.25, 0.3) is 0 Å². The number of Topliss-reactive ketones (excluding diaryl/α,β-unsaturated/α-hetero) is 1. The van der Waals surface area contributed by atoms with Crippen LogP contribution < -0.4 is 15.1 Å². The number of benzene rings is 1. The van der Waals surface area contributed by atoms with E-state index in [1.807, 2.05) is 30.5 Å². The summed E-state index contributed by atoms with van der Waals surface area (Å²) in [6.45, 7) is 6.30. The van der Waals surface area contributed by atoms with E-state index < -0.39 is 0 Å². The second kappa shape index (κ2) is 8.14. The van der Waals surface area contributed by atoms with Gasteiger partial charge in [-0.15, -0.1) is 0 Å². The predicted octanol–water partition coefficient (Wildman–Crippen LogP) is 3.89. The molecule has 0 bridgehead atoms. The first-order chi connectivity index (χ1) is 16.5. The van der Waals surface area contributed by atoms with Gasteiger partial charge < -0.3 is 19.7 Å². The molecule has 0 atom stereocenters. The van der Waals surface area contributed by atoms with E-state index in [1.54, 1.807) is 6.92 Å². The molecule has 0 amide bonds. The lowest BCUT2D eigenvalue weighted by molar-refractivity contribution is 0.101. The lowest BCUT2D eigenvalue weighted by Crippen LogP contribution is -2.51. The number of fused-ring (bicyclic) bond motifs is 1. The lowest BCUT2D eigenvalue weighted by Gasteiger charge is -2.46. The van der Waals surface area contributed by atoms with Gasteiger partial charge in [0.05, 0.1) is 5.56 Å². The summed E-state index contributed by atoms with van der Waals surface area (Å²) >= 11 is 0. The Morgan fingerprint density at radius 2 is 1.82 bits per heavy atom. The summed E-state index contributed by atoms with van der Waals surface area (Å²) in [7, 11) is 0. The Bertz CT molecular complexity index is 1260. The number of pyridine rings is 1. The van der Waals surface area contributed by atoms with Gasteiger partial charge in [0, 0.05) is 60.6 Å². The molecule has 3 aliphatic rings. The van der Waals surface area contributed by atoms with Gasteiger partial charge in [0.15, 0.2) is 5.78 Å². The van der Waals surface area contributed by atoms with Crippen LogP contribution in [0.15, 0.2) is 42.6 Å². The number of hydrogen-bond acceptors (Lipinski definition) is 6. The van der Waals surface area contributed by atoms with Crippen LogP contribution in [0.3, 0.4) is 0 Å². The zero-order chi connectivity index (χ0) is 23.3. The van der Waals surface area contributed by atoms with Crippen molar-refractivity contribution in [1.82, 2.24) is 14.9 Å². The third kappa shape index (κ3) is 3.54. The Kier molecular flexibility index (Phi) is 5.07. The van der Waals surface area contributed by atoms with Crippen LogP contribution in [0.2, 0.25) is 0 Å². The van der Waals surface area contributed by atoms with Gasteiger partial charge in [0.1, 0.15) is 17.5 Å². The summed E-state index contributed by atoms with van der Waals surface area (Å²) in [6.07, 6.45) is 6.77. The lowest BCUT2D eigenvalue weighted by atomic mass is 9.71. The van der Waals surface area contributed by atoms with Gasteiger partial charge >= 0.3 is 0 Å². The van der Waals surface area contributed by atoms with Crippen molar-refractivity contribution in [1.29, 1.82) is 5.26 Å². The van der Waals surface area contributed by atoms with Crippen LogP contribution in [-0.4, -0.2) is 53.6 Å². The zero-order valence-electron chi connectivity index (χ0n) is 19.6. The predicted molar refractivity (Wildman–Crippen MR) is 134 cm³/mol. The van der Waals surface area contributed by atoms with Gasteiger partial charge in [-0.1, -0.05) is 0 Å². The van der Waals surface area contributed by atoms with Crippen molar-refractivity contribution in [2.24, 2.45) is 0 Å². The largest absolute Gasteiger partial charge is 0.368 e.